The standard InChI is InChI=1S/C13H14F3N3OS/c1-3-9(4-2)19-5-8(6-20)11(18-19)12-17-10(7-21-12)13(14,15)16/h5-7,9H,3-4H2,1-2H3. The van der Waals surface area contributed by atoms with Gasteiger partial charge in [-0.1, -0.05) is 13.8 Å². The van der Waals surface area contributed by atoms with Gasteiger partial charge >= 0.3 is 6.18 Å². The highest BCUT2D eigenvalue weighted by Crippen LogP contribution is 2.34. The summed E-state index contributed by atoms with van der Waals surface area (Å²) in [4.78, 5) is 14.7. The Morgan fingerprint density at radius 1 is 1.38 bits per heavy atom. The summed E-state index contributed by atoms with van der Waals surface area (Å²) in [6, 6.07) is 0.111. The predicted octanol–water partition coefficient (Wildman–Crippen LogP) is 4.20. The number of hydrogen-bond donors (Lipinski definition) is 0. The van der Waals surface area contributed by atoms with Gasteiger partial charge < -0.3 is 0 Å². The van der Waals surface area contributed by atoms with Gasteiger partial charge in [0.25, 0.3) is 0 Å². The fourth-order valence-corrected chi connectivity index (χ4v) is 2.85. The molecule has 0 aromatic carbocycles. The van der Waals surface area contributed by atoms with E-state index in [1.54, 1.807) is 10.9 Å². The quantitative estimate of drug-likeness (QED) is 0.777. The predicted molar refractivity (Wildman–Crippen MR) is 73.3 cm³/mol. The zero-order valence-electron chi connectivity index (χ0n) is 11.5. The zero-order chi connectivity index (χ0) is 15.6. The molecule has 114 valence electrons. The van der Waals surface area contributed by atoms with Crippen LogP contribution < -0.4 is 0 Å². The summed E-state index contributed by atoms with van der Waals surface area (Å²) >= 11 is 0.833. The molecule has 2 rings (SSSR count). The van der Waals surface area contributed by atoms with Crippen LogP contribution in [0.4, 0.5) is 13.2 Å². The summed E-state index contributed by atoms with van der Waals surface area (Å²) in [6.45, 7) is 3.97. The molecule has 0 saturated carbocycles. The number of rotatable bonds is 5. The van der Waals surface area contributed by atoms with Crippen LogP contribution in [0.1, 0.15) is 48.8 Å². The maximum absolute atomic E-state index is 12.6. The number of nitrogens with zero attached hydrogens (tertiary/aromatic N) is 3. The van der Waals surface area contributed by atoms with Crippen molar-refractivity contribution in [3.8, 4) is 10.7 Å². The Morgan fingerprint density at radius 3 is 2.52 bits per heavy atom. The van der Waals surface area contributed by atoms with Crippen LogP contribution in [0.25, 0.3) is 10.7 Å². The average molecular weight is 317 g/mol. The molecule has 8 heteroatoms. The van der Waals surface area contributed by atoms with Gasteiger partial charge in [-0.3, -0.25) is 9.48 Å². The number of aldehydes is 1. The minimum absolute atomic E-state index is 0.106. The summed E-state index contributed by atoms with van der Waals surface area (Å²) in [5.41, 5.74) is -0.501. The molecule has 0 atom stereocenters. The Hall–Kier alpha value is -1.70. The fourth-order valence-electron chi connectivity index (χ4n) is 2.02. The third-order valence-corrected chi connectivity index (χ3v) is 4.05. The van der Waals surface area contributed by atoms with E-state index in [1.165, 1.54) is 0 Å². The highest BCUT2D eigenvalue weighted by Gasteiger charge is 2.34. The summed E-state index contributed by atoms with van der Waals surface area (Å²) < 4.78 is 39.4. The summed E-state index contributed by atoms with van der Waals surface area (Å²) in [5.74, 6) is 0. The molecule has 0 aliphatic heterocycles. The molecule has 0 unspecified atom stereocenters. The number of aromatic nitrogens is 3. The molecule has 2 aromatic heterocycles. The SMILES string of the molecule is CCC(CC)n1cc(C=O)c(-c2nc(C(F)(F)F)cs2)n1. The maximum Gasteiger partial charge on any atom is 0.434 e. The van der Waals surface area contributed by atoms with Crippen LogP contribution in [-0.4, -0.2) is 21.1 Å². The van der Waals surface area contributed by atoms with Crippen LogP contribution in [0.3, 0.4) is 0 Å². The van der Waals surface area contributed by atoms with Crippen LogP contribution >= 0.6 is 11.3 Å². The second kappa shape index (κ2) is 5.97. The van der Waals surface area contributed by atoms with Crippen molar-refractivity contribution in [3.63, 3.8) is 0 Å². The average Bonchev–Trinajstić information content (AvgIpc) is 3.05. The van der Waals surface area contributed by atoms with Gasteiger partial charge in [0.1, 0.15) is 10.7 Å². The van der Waals surface area contributed by atoms with Crippen LogP contribution in [0.2, 0.25) is 0 Å². The Labute approximate surface area is 123 Å². The number of thiazole rings is 1. The van der Waals surface area contributed by atoms with Crippen LogP contribution in [0, 0.1) is 0 Å². The first-order valence-electron chi connectivity index (χ1n) is 6.48. The zero-order valence-corrected chi connectivity index (χ0v) is 12.3. The molecule has 0 fully saturated rings. The Morgan fingerprint density at radius 2 is 2.05 bits per heavy atom. The number of carbonyl (C=O) groups excluding carboxylic acids is 1. The van der Waals surface area contributed by atoms with Crippen molar-refractivity contribution in [2.45, 2.75) is 38.9 Å². The van der Waals surface area contributed by atoms with Gasteiger partial charge in [0.2, 0.25) is 0 Å². The van der Waals surface area contributed by atoms with Gasteiger partial charge in [-0.25, -0.2) is 4.98 Å². The monoisotopic (exact) mass is 317 g/mol. The van der Waals surface area contributed by atoms with E-state index >= 15 is 0 Å². The first-order chi connectivity index (χ1) is 9.90. The van der Waals surface area contributed by atoms with Crippen molar-refractivity contribution < 1.29 is 18.0 Å². The van der Waals surface area contributed by atoms with Crippen molar-refractivity contribution in [1.29, 1.82) is 0 Å². The molecular weight excluding hydrogens is 303 g/mol. The highest BCUT2D eigenvalue weighted by atomic mass is 32.1. The van der Waals surface area contributed by atoms with E-state index in [-0.39, 0.29) is 22.3 Å². The lowest BCUT2D eigenvalue weighted by molar-refractivity contribution is -0.140. The molecule has 0 saturated heterocycles. The highest BCUT2D eigenvalue weighted by molar-refractivity contribution is 7.13. The first kappa shape index (κ1) is 15.7. The van der Waals surface area contributed by atoms with Crippen LogP contribution in [0.15, 0.2) is 11.6 Å². The number of hydrogen-bond acceptors (Lipinski definition) is 4. The summed E-state index contributed by atoms with van der Waals surface area (Å²) in [6.07, 6.45) is -0.693. The largest absolute Gasteiger partial charge is 0.434 e. The molecular formula is C13H14F3N3OS. The lowest BCUT2D eigenvalue weighted by Crippen LogP contribution is -2.07. The second-order valence-electron chi connectivity index (χ2n) is 4.54. The first-order valence-corrected chi connectivity index (χ1v) is 7.36. The molecule has 0 aliphatic rings. The number of halogens is 3. The lowest BCUT2D eigenvalue weighted by atomic mass is 10.2. The maximum atomic E-state index is 12.6. The van der Waals surface area contributed by atoms with E-state index in [4.69, 9.17) is 0 Å². The minimum atomic E-state index is -4.49. The molecule has 4 nitrogen and oxygen atoms in total. The number of alkyl halides is 3. The van der Waals surface area contributed by atoms with Crippen LogP contribution in [-0.2, 0) is 6.18 Å². The summed E-state index contributed by atoms with van der Waals surface area (Å²) in [5, 5.41) is 5.29. The molecule has 0 radical (unpaired) electrons. The van der Waals surface area contributed by atoms with Gasteiger partial charge in [-0.05, 0) is 12.8 Å². The summed E-state index contributed by atoms with van der Waals surface area (Å²) in [7, 11) is 0. The Kier molecular flexibility index (Phi) is 4.46. The van der Waals surface area contributed by atoms with Gasteiger partial charge in [0.15, 0.2) is 12.0 Å². The van der Waals surface area contributed by atoms with Crippen molar-refractivity contribution in [1.82, 2.24) is 14.8 Å². The molecule has 0 aliphatic carbocycles. The molecule has 0 amide bonds. The van der Waals surface area contributed by atoms with Crippen molar-refractivity contribution in [3.05, 3.63) is 22.8 Å². The Bertz CT molecular complexity index is 629. The lowest BCUT2D eigenvalue weighted by Gasteiger charge is -2.12. The minimum Gasteiger partial charge on any atom is -0.298 e. The van der Waals surface area contributed by atoms with E-state index in [1.807, 2.05) is 13.8 Å². The van der Waals surface area contributed by atoms with E-state index in [0.717, 1.165) is 29.6 Å². The topological polar surface area (TPSA) is 47.8 Å². The third kappa shape index (κ3) is 3.15. The van der Waals surface area contributed by atoms with Crippen molar-refractivity contribution in [2.24, 2.45) is 0 Å². The smallest absolute Gasteiger partial charge is 0.298 e. The second-order valence-corrected chi connectivity index (χ2v) is 5.39. The molecule has 2 heterocycles. The van der Waals surface area contributed by atoms with E-state index in [0.29, 0.717) is 6.29 Å². The molecule has 0 N–H and O–H groups in total. The number of carbonyl (C=O) groups is 1. The molecule has 21 heavy (non-hydrogen) atoms. The van der Waals surface area contributed by atoms with E-state index in [9.17, 15) is 18.0 Å². The van der Waals surface area contributed by atoms with Crippen molar-refractivity contribution in [2.75, 3.05) is 0 Å². The molecule has 2 aromatic rings. The Balaban J connectivity index is 2.43. The van der Waals surface area contributed by atoms with Gasteiger partial charge in [-0.2, -0.15) is 18.3 Å². The van der Waals surface area contributed by atoms with E-state index in [2.05, 4.69) is 10.1 Å². The van der Waals surface area contributed by atoms with Gasteiger partial charge in [0, 0.05) is 11.6 Å². The molecule has 0 bridgehead atoms. The molecule has 0 spiro atoms. The van der Waals surface area contributed by atoms with Gasteiger partial charge in [0.05, 0.1) is 11.6 Å². The van der Waals surface area contributed by atoms with Crippen LogP contribution in [0.5, 0.6) is 0 Å². The van der Waals surface area contributed by atoms with Crippen molar-refractivity contribution >= 4 is 17.6 Å². The normalized spacial score (nSPS) is 12.1. The fraction of sp³-hybridized carbons (Fsp3) is 0.462. The van der Waals surface area contributed by atoms with E-state index < -0.39 is 11.9 Å². The third-order valence-electron chi connectivity index (χ3n) is 3.20. The van der Waals surface area contributed by atoms with Gasteiger partial charge in [-0.15, -0.1) is 11.3 Å².